The van der Waals surface area contributed by atoms with Gasteiger partial charge in [-0.2, -0.15) is 4.37 Å². The number of nitrogens with zero attached hydrogens (tertiary/aromatic N) is 1. The monoisotopic (exact) mass is 403 g/mol. The molecule has 2 amide bonds. The molecule has 1 aromatic heterocycles. The van der Waals surface area contributed by atoms with Gasteiger partial charge in [0.25, 0.3) is 0 Å². The molecule has 4 N–H and O–H groups in total. The summed E-state index contributed by atoms with van der Waals surface area (Å²) in [6.45, 7) is 1.21. The van der Waals surface area contributed by atoms with Crippen LogP contribution < -0.4 is 15.4 Å². The maximum atomic E-state index is 13.8. The first-order valence-corrected chi connectivity index (χ1v) is 8.45. The summed E-state index contributed by atoms with van der Waals surface area (Å²) in [6, 6.07) is 3.29. The van der Waals surface area contributed by atoms with E-state index in [0.717, 1.165) is 6.07 Å². The molecule has 0 spiro atoms. The smallest absolute Gasteiger partial charge is 0.344 e. The van der Waals surface area contributed by atoms with Crippen molar-refractivity contribution in [3.8, 4) is 5.88 Å². The molecule has 0 saturated carbocycles. The zero-order valence-corrected chi connectivity index (χ0v) is 15.0. The second-order valence-electron chi connectivity index (χ2n) is 5.21. The number of rotatable bonds is 7. The summed E-state index contributed by atoms with van der Waals surface area (Å²) < 4.78 is 22.9. The van der Waals surface area contributed by atoms with Gasteiger partial charge in [-0.25, -0.2) is 14.0 Å². The summed E-state index contributed by atoms with van der Waals surface area (Å²) >= 11 is 6.37. The Bertz CT molecular complexity index is 815. The number of hydrogen-bond donors (Lipinski definition) is 4. The molecule has 1 unspecified atom stereocenters. The largest absolute Gasteiger partial charge is 0.477 e. The summed E-state index contributed by atoms with van der Waals surface area (Å²) in [5, 5.41) is 23.3. The highest BCUT2D eigenvalue weighted by Gasteiger charge is 2.23. The van der Waals surface area contributed by atoms with Crippen LogP contribution >= 0.6 is 23.1 Å². The second-order valence-corrected chi connectivity index (χ2v) is 6.42. The van der Waals surface area contributed by atoms with E-state index in [1.54, 1.807) is 0 Å². The first-order valence-electron chi connectivity index (χ1n) is 7.30. The standard InChI is InChI=1S/C15H15ClFN3O5S/c1-7(21)5-18-15(24)19-13-11(14(22)23)12(20-26-13)25-6-8-2-3-9(16)4-10(8)17/h2-4,7,21H,5-6H2,1H3,(H,22,23)(H2,18,19,24). The SMILES string of the molecule is CC(O)CNC(=O)Nc1snc(OCc2ccc(Cl)cc2F)c1C(=O)O. The number of aromatic carboxylic acids is 1. The van der Waals surface area contributed by atoms with Crippen molar-refractivity contribution in [2.45, 2.75) is 19.6 Å². The molecule has 2 aromatic rings. The van der Waals surface area contributed by atoms with Crippen molar-refractivity contribution in [1.82, 2.24) is 9.69 Å². The molecule has 0 fully saturated rings. The van der Waals surface area contributed by atoms with E-state index >= 15 is 0 Å². The van der Waals surface area contributed by atoms with Crippen LogP contribution in [0.3, 0.4) is 0 Å². The molecule has 11 heteroatoms. The maximum Gasteiger partial charge on any atom is 0.344 e. The van der Waals surface area contributed by atoms with Gasteiger partial charge >= 0.3 is 12.0 Å². The molecule has 2 rings (SSSR count). The van der Waals surface area contributed by atoms with Gasteiger partial charge in [0, 0.05) is 17.1 Å². The number of aliphatic hydroxyl groups excluding tert-OH is 1. The van der Waals surface area contributed by atoms with Crippen LogP contribution in [0.25, 0.3) is 0 Å². The zero-order chi connectivity index (χ0) is 19.3. The third-order valence-electron chi connectivity index (χ3n) is 3.04. The molecule has 1 aromatic carbocycles. The molecule has 0 aliphatic heterocycles. The lowest BCUT2D eigenvalue weighted by molar-refractivity contribution is 0.0693. The molecular formula is C15H15ClFN3O5S. The minimum atomic E-state index is -1.36. The lowest BCUT2D eigenvalue weighted by Crippen LogP contribution is -2.34. The van der Waals surface area contributed by atoms with Crippen LogP contribution in [0, 0.1) is 5.82 Å². The number of carbonyl (C=O) groups is 2. The van der Waals surface area contributed by atoms with Crippen molar-refractivity contribution in [3.05, 3.63) is 40.2 Å². The van der Waals surface area contributed by atoms with E-state index in [4.69, 9.17) is 21.4 Å². The number of aromatic nitrogens is 1. The minimum Gasteiger partial charge on any atom is -0.477 e. The van der Waals surface area contributed by atoms with E-state index < -0.39 is 23.9 Å². The van der Waals surface area contributed by atoms with Gasteiger partial charge in [-0.15, -0.1) is 0 Å². The molecular weight excluding hydrogens is 389 g/mol. The number of anilines is 1. The van der Waals surface area contributed by atoms with E-state index in [0.29, 0.717) is 11.5 Å². The number of urea groups is 1. The molecule has 140 valence electrons. The highest BCUT2D eigenvalue weighted by Crippen LogP contribution is 2.31. The number of hydrogen-bond acceptors (Lipinski definition) is 6. The van der Waals surface area contributed by atoms with Gasteiger partial charge in [-0.1, -0.05) is 17.7 Å². The molecule has 1 heterocycles. The summed E-state index contributed by atoms with van der Waals surface area (Å²) in [6.07, 6.45) is -0.755. The van der Waals surface area contributed by atoms with Gasteiger partial charge in [0.05, 0.1) is 6.10 Å². The van der Waals surface area contributed by atoms with Crippen molar-refractivity contribution in [2.24, 2.45) is 0 Å². The number of carboxylic acids is 1. The minimum absolute atomic E-state index is 0.00770. The predicted octanol–water partition coefficient (Wildman–Crippen LogP) is 2.72. The molecule has 0 bridgehead atoms. The third-order valence-corrected chi connectivity index (χ3v) is 4.02. The zero-order valence-electron chi connectivity index (χ0n) is 13.5. The van der Waals surface area contributed by atoms with Crippen molar-refractivity contribution in [1.29, 1.82) is 0 Å². The Hall–Kier alpha value is -2.43. The average Bonchev–Trinajstić information content (AvgIpc) is 2.95. The van der Waals surface area contributed by atoms with Crippen molar-refractivity contribution in [3.63, 3.8) is 0 Å². The number of carbonyl (C=O) groups excluding carboxylic acids is 1. The summed E-state index contributed by atoms with van der Waals surface area (Å²) in [5.41, 5.74) is -0.181. The predicted molar refractivity (Wildman–Crippen MR) is 93.5 cm³/mol. The van der Waals surface area contributed by atoms with Crippen LogP contribution in [0.1, 0.15) is 22.8 Å². The summed E-state index contributed by atoms with van der Waals surface area (Å²) in [5.74, 6) is -2.21. The number of halogens is 2. The second kappa shape index (κ2) is 8.79. The number of nitrogens with one attached hydrogen (secondary N) is 2. The van der Waals surface area contributed by atoms with Crippen molar-refractivity contribution in [2.75, 3.05) is 11.9 Å². The van der Waals surface area contributed by atoms with Gasteiger partial charge in [0.2, 0.25) is 5.88 Å². The van der Waals surface area contributed by atoms with Crippen LogP contribution in [0.2, 0.25) is 5.02 Å². The van der Waals surface area contributed by atoms with E-state index in [1.165, 1.54) is 19.1 Å². The lowest BCUT2D eigenvalue weighted by Gasteiger charge is -2.08. The van der Waals surface area contributed by atoms with Crippen LogP contribution in [0.5, 0.6) is 5.88 Å². The van der Waals surface area contributed by atoms with E-state index in [-0.39, 0.29) is 40.2 Å². The van der Waals surface area contributed by atoms with Gasteiger partial charge in [-0.05, 0) is 30.6 Å². The van der Waals surface area contributed by atoms with Crippen molar-refractivity contribution >= 4 is 40.1 Å². The molecule has 1 atom stereocenters. The Morgan fingerprint density at radius 2 is 2.19 bits per heavy atom. The first-order chi connectivity index (χ1) is 12.3. The Kier molecular flexibility index (Phi) is 6.72. The molecule has 26 heavy (non-hydrogen) atoms. The van der Waals surface area contributed by atoms with E-state index in [2.05, 4.69) is 15.0 Å². The Balaban J connectivity index is 2.10. The maximum absolute atomic E-state index is 13.8. The fourth-order valence-corrected chi connectivity index (χ4v) is 2.70. The van der Waals surface area contributed by atoms with E-state index in [9.17, 15) is 19.1 Å². The molecule has 0 aliphatic carbocycles. The van der Waals surface area contributed by atoms with Gasteiger partial charge in [0.1, 0.15) is 17.4 Å². The molecule has 0 saturated heterocycles. The average molecular weight is 404 g/mol. The fraction of sp³-hybridized carbons (Fsp3) is 0.267. The van der Waals surface area contributed by atoms with Gasteiger partial charge in [0.15, 0.2) is 5.56 Å². The summed E-state index contributed by atoms with van der Waals surface area (Å²) in [4.78, 5) is 23.2. The third kappa shape index (κ3) is 5.28. The van der Waals surface area contributed by atoms with Crippen molar-refractivity contribution < 1.29 is 28.9 Å². The molecule has 0 radical (unpaired) electrons. The molecule has 8 nitrogen and oxygen atoms in total. The first kappa shape index (κ1) is 19.9. The highest BCUT2D eigenvalue weighted by molar-refractivity contribution is 7.11. The van der Waals surface area contributed by atoms with Crippen LogP contribution in [0.15, 0.2) is 18.2 Å². The van der Waals surface area contributed by atoms with E-state index in [1.807, 2.05) is 0 Å². The van der Waals surface area contributed by atoms with Crippen LogP contribution in [-0.4, -0.2) is 39.2 Å². The summed E-state index contributed by atoms with van der Waals surface area (Å²) in [7, 11) is 0. The Morgan fingerprint density at radius 3 is 2.81 bits per heavy atom. The fourth-order valence-electron chi connectivity index (χ4n) is 1.82. The van der Waals surface area contributed by atoms with Crippen LogP contribution in [-0.2, 0) is 6.61 Å². The Labute approximate surface area is 156 Å². The Morgan fingerprint density at radius 1 is 1.46 bits per heavy atom. The number of benzene rings is 1. The van der Waals surface area contributed by atoms with Crippen LogP contribution in [0.4, 0.5) is 14.2 Å². The molecule has 0 aliphatic rings. The number of carboxylic acid groups (broad SMARTS) is 1. The highest BCUT2D eigenvalue weighted by atomic mass is 35.5. The number of amides is 2. The number of aliphatic hydroxyl groups is 1. The lowest BCUT2D eigenvalue weighted by atomic mass is 10.2. The quantitative estimate of drug-likeness (QED) is 0.564. The normalized spacial score (nSPS) is 11.7. The van der Waals surface area contributed by atoms with Gasteiger partial charge in [-0.3, -0.25) is 5.32 Å². The number of ether oxygens (including phenoxy) is 1. The van der Waals surface area contributed by atoms with Gasteiger partial charge < -0.3 is 20.3 Å². The topological polar surface area (TPSA) is 121 Å².